The first-order valence-electron chi connectivity index (χ1n) is 10.7. The monoisotopic (exact) mass is 371 g/mol. The Morgan fingerprint density at radius 3 is 2.85 bits per heavy atom. The third kappa shape index (κ3) is 4.29. The highest BCUT2D eigenvalue weighted by Gasteiger charge is 2.41. The molecule has 3 aliphatic rings. The summed E-state index contributed by atoms with van der Waals surface area (Å²) in [6.45, 7) is 7.41. The predicted octanol–water partition coefficient (Wildman–Crippen LogP) is 3.35. The Morgan fingerprint density at radius 1 is 1.22 bits per heavy atom. The van der Waals surface area contributed by atoms with Crippen molar-refractivity contribution < 1.29 is 9.53 Å². The molecule has 148 valence electrons. The van der Waals surface area contributed by atoms with Crippen molar-refractivity contribution in [2.75, 3.05) is 44.3 Å². The van der Waals surface area contributed by atoms with E-state index >= 15 is 0 Å². The standard InChI is InChI=1S/C22H33N3O2/c1-18-5-7-19(8-6-18)21(26)25-11-3-9-22(16-25)15-24(12-13-27-17-22)20-4-2-10-23-14-20/h2,4,10,14,18-19H,3,5-9,11-13,15-17H2,1H3. The first kappa shape index (κ1) is 18.7. The summed E-state index contributed by atoms with van der Waals surface area (Å²) >= 11 is 0. The number of anilines is 1. The number of rotatable bonds is 2. The third-order valence-corrected chi connectivity index (χ3v) is 6.79. The van der Waals surface area contributed by atoms with Crippen LogP contribution in [0, 0.1) is 17.3 Å². The van der Waals surface area contributed by atoms with Gasteiger partial charge in [0.1, 0.15) is 0 Å². The molecule has 1 unspecified atom stereocenters. The lowest BCUT2D eigenvalue weighted by Crippen LogP contribution is -2.53. The highest BCUT2D eigenvalue weighted by atomic mass is 16.5. The summed E-state index contributed by atoms with van der Waals surface area (Å²) in [4.78, 5) is 22.0. The number of carbonyl (C=O) groups is 1. The molecule has 27 heavy (non-hydrogen) atoms. The van der Waals surface area contributed by atoms with Crippen LogP contribution in [0.5, 0.6) is 0 Å². The van der Waals surface area contributed by atoms with Gasteiger partial charge in [-0.15, -0.1) is 0 Å². The van der Waals surface area contributed by atoms with E-state index in [9.17, 15) is 4.79 Å². The highest BCUT2D eigenvalue weighted by molar-refractivity contribution is 5.79. The summed E-state index contributed by atoms with van der Waals surface area (Å²) in [6, 6.07) is 4.12. The number of amides is 1. The Labute approximate surface area is 163 Å². The first-order valence-corrected chi connectivity index (χ1v) is 10.7. The van der Waals surface area contributed by atoms with Gasteiger partial charge >= 0.3 is 0 Å². The zero-order valence-electron chi connectivity index (χ0n) is 16.6. The largest absolute Gasteiger partial charge is 0.379 e. The summed E-state index contributed by atoms with van der Waals surface area (Å²) in [6.07, 6.45) is 10.5. The van der Waals surface area contributed by atoms with Crippen molar-refractivity contribution in [1.82, 2.24) is 9.88 Å². The maximum Gasteiger partial charge on any atom is 0.225 e. The summed E-state index contributed by atoms with van der Waals surface area (Å²) < 4.78 is 6.03. The number of nitrogens with zero attached hydrogens (tertiary/aromatic N) is 3. The second kappa shape index (κ2) is 8.17. The minimum Gasteiger partial charge on any atom is -0.379 e. The van der Waals surface area contributed by atoms with Crippen LogP contribution in [0.2, 0.25) is 0 Å². The van der Waals surface area contributed by atoms with Crippen molar-refractivity contribution in [3.05, 3.63) is 24.5 Å². The zero-order chi connectivity index (χ0) is 18.7. The maximum absolute atomic E-state index is 13.2. The minimum atomic E-state index is 0.0439. The first-order chi connectivity index (χ1) is 13.2. The van der Waals surface area contributed by atoms with Gasteiger partial charge in [0.15, 0.2) is 0 Å². The summed E-state index contributed by atoms with van der Waals surface area (Å²) in [5.41, 5.74) is 1.20. The van der Waals surface area contributed by atoms with Crippen LogP contribution in [-0.4, -0.2) is 55.2 Å². The van der Waals surface area contributed by atoms with E-state index in [4.69, 9.17) is 4.74 Å². The lowest BCUT2D eigenvalue weighted by molar-refractivity contribution is -0.141. The van der Waals surface area contributed by atoms with Gasteiger partial charge in [0.05, 0.1) is 25.1 Å². The van der Waals surface area contributed by atoms with Crippen LogP contribution in [0.15, 0.2) is 24.5 Å². The molecule has 4 rings (SSSR count). The van der Waals surface area contributed by atoms with Crippen molar-refractivity contribution in [3.8, 4) is 0 Å². The molecular formula is C22H33N3O2. The Morgan fingerprint density at radius 2 is 2.07 bits per heavy atom. The number of ether oxygens (including phenoxy) is 1. The van der Waals surface area contributed by atoms with Crippen molar-refractivity contribution >= 4 is 11.6 Å². The lowest BCUT2D eigenvalue weighted by atomic mass is 9.78. The van der Waals surface area contributed by atoms with Gasteiger partial charge in [-0.05, 0) is 56.6 Å². The number of aromatic nitrogens is 1. The Hall–Kier alpha value is -1.62. The van der Waals surface area contributed by atoms with Gasteiger partial charge in [-0.3, -0.25) is 9.78 Å². The summed E-state index contributed by atoms with van der Waals surface area (Å²) in [7, 11) is 0. The lowest BCUT2D eigenvalue weighted by Gasteiger charge is -2.45. The molecule has 1 saturated carbocycles. The van der Waals surface area contributed by atoms with Gasteiger partial charge in [-0.1, -0.05) is 6.92 Å². The molecule has 1 aliphatic carbocycles. The van der Waals surface area contributed by atoms with Crippen LogP contribution in [0.3, 0.4) is 0 Å². The van der Waals surface area contributed by atoms with Crippen LogP contribution in [0.4, 0.5) is 5.69 Å². The molecule has 1 aromatic heterocycles. The Kier molecular flexibility index (Phi) is 5.67. The second-order valence-corrected chi connectivity index (χ2v) is 9.01. The van der Waals surface area contributed by atoms with E-state index in [1.165, 1.54) is 12.8 Å². The van der Waals surface area contributed by atoms with Crippen LogP contribution in [0.25, 0.3) is 0 Å². The quantitative estimate of drug-likeness (QED) is 0.800. The zero-order valence-corrected chi connectivity index (χ0v) is 16.6. The van der Waals surface area contributed by atoms with Gasteiger partial charge in [-0.2, -0.15) is 0 Å². The van der Waals surface area contributed by atoms with Gasteiger partial charge < -0.3 is 14.5 Å². The molecule has 1 amide bonds. The highest BCUT2D eigenvalue weighted by Crippen LogP contribution is 2.36. The molecule has 3 heterocycles. The average molecular weight is 372 g/mol. The molecule has 0 radical (unpaired) electrons. The third-order valence-electron chi connectivity index (χ3n) is 6.79. The van der Waals surface area contributed by atoms with Crippen LogP contribution in [0.1, 0.15) is 45.4 Å². The van der Waals surface area contributed by atoms with Gasteiger partial charge in [-0.25, -0.2) is 0 Å². The minimum absolute atomic E-state index is 0.0439. The van der Waals surface area contributed by atoms with Crippen molar-refractivity contribution in [3.63, 3.8) is 0 Å². The fourth-order valence-corrected chi connectivity index (χ4v) is 5.16. The van der Waals surface area contributed by atoms with Gasteiger partial charge in [0.25, 0.3) is 0 Å². The number of piperidine rings is 1. The molecule has 0 aromatic carbocycles. The Balaban J connectivity index is 1.46. The van der Waals surface area contributed by atoms with E-state index in [0.717, 1.165) is 76.7 Å². The molecule has 5 heteroatoms. The van der Waals surface area contributed by atoms with E-state index in [2.05, 4.69) is 27.8 Å². The molecule has 0 N–H and O–H groups in total. The molecule has 5 nitrogen and oxygen atoms in total. The van der Waals surface area contributed by atoms with Gasteiger partial charge in [0, 0.05) is 43.7 Å². The second-order valence-electron chi connectivity index (χ2n) is 9.01. The van der Waals surface area contributed by atoms with E-state index < -0.39 is 0 Å². The van der Waals surface area contributed by atoms with E-state index in [-0.39, 0.29) is 11.3 Å². The van der Waals surface area contributed by atoms with Crippen molar-refractivity contribution in [2.24, 2.45) is 17.3 Å². The molecule has 3 fully saturated rings. The molecule has 2 saturated heterocycles. The predicted molar refractivity (Wildman–Crippen MR) is 107 cm³/mol. The van der Waals surface area contributed by atoms with Crippen molar-refractivity contribution in [2.45, 2.75) is 45.4 Å². The van der Waals surface area contributed by atoms with Crippen LogP contribution in [-0.2, 0) is 9.53 Å². The number of likely N-dealkylation sites (tertiary alicyclic amines) is 1. The van der Waals surface area contributed by atoms with E-state index in [1.54, 1.807) is 0 Å². The maximum atomic E-state index is 13.2. The average Bonchev–Trinajstić information content (AvgIpc) is 2.91. The molecule has 0 bridgehead atoms. The molecular weight excluding hydrogens is 338 g/mol. The number of pyridine rings is 1. The van der Waals surface area contributed by atoms with Crippen molar-refractivity contribution in [1.29, 1.82) is 0 Å². The summed E-state index contributed by atoms with van der Waals surface area (Å²) in [5, 5.41) is 0. The van der Waals surface area contributed by atoms with E-state index in [1.807, 2.05) is 18.5 Å². The normalized spacial score (nSPS) is 32.3. The van der Waals surface area contributed by atoms with Gasteiger partial charge in [0.2, 0.25) is 5.91 Å². The molecule has 1 atom stereocenters. The fourth-order valence-electron chi connectivity index (χ4n) is 5.16. The number of carbonyl (C=O) groups excluding carboxylic acids is 1. The Bertz CT molecular complexity index is 630. The van der Waals surface area contributed by atoms with Crippen LogP contribution >= 0.6 is 0 Å². The summed E-state index contributed by atoms with van der Waals surface area (Å²) in [5.74, 6) is 1.43. The SMILES string of the molecule is CC1CCC(C(=O)N2CCCC3(COCCN(c4cccnc4)C3)C2)CC1. The van der Waals surface area contributed by atoms with E-state index in [0.29, 0.717) is 5.91 Å². The van der Waals surface area contributed by atoms with Crippen LogP contribution < -0.4 is 4.90 Å². The number of hydrogen-bond donors (Lipinski definition) is 0. The molecule has 2 aliphatic heterocycles. The molecule has 1 spiro atoms. The fraction of sp³-hybridized carbons (Fsp3) is 0.727. The smallest absolute Gasteiger partial charge is 0.225 e. The topological polar surface area (TPSA) is 45.7 Å². The number of hydrogen-bond acceptors (Lipinski definition) is 4. The molecule has 1 aromatic rings.